The number of hydrogen-bond donors (Lipinski definition) is 2. The van der Waals surface area contributed by atoms with Crippen molar-refractivity contribution in [3.05, 3.63) is 34.9 Å². The average molecular weight is 309 g/mol. The molecule has 1 amide bonds. The molecule has 1 saturated heterocycles. The summed E-state index contributed by atoms with van der Waals surface area (Å²) in [6.45, 7) is 6.97. The summed E-state index contributed by atoms with van der Waals surface area (Å²) < 4.78 is 0. The number of amides is 1. The Kier molecular flexibility index (Phi) is 5.65. The third-order valence-electron chi connectivity index (χ3n) is 4.27. The molecule has 1 aromatic rings. The highest BCUT2D eigenvalue weighted by Crippen LogP contribution is 2.29. The van der Waals surface area contributed by atoms with Crippen LogP contribution in [0.1, 0.15) is 38.7 Å². The van der Waals surface area contributed by atoms with E-state index in [1.54, 1.807) is 0 Å². The smallest absolute Gasteiger partial charge is 0.220 e. The maximum Gasteiger partial charge on any atom is 0.220 e. The van der Waals surface area contributed by atoms with Gasteiger partial charge in [0.05, 0.1) is 0 Å². The number of benzene rings is 1. The minimum absolute atomic E-state index is 0.141. The summed E-state index contributed by atoms with van der Waals surface area (Å²) in [4.78, 5) is 12.0. The first kappa shape index (κ1) is 16.3. The van der Waals surface area contributed by atoms with Crippen LogP contribution in [0.15, 0.2) is 24.3 Å². The highest BCUT2D eigenvalue weighted by atomic mass is 35.5. The molecule has 1 atom stereocenters. The Bertz CT molecular complexity index is 481. The third kappa shape index (κ3) is 4.72. The van der Waals surface area contributed by atoms with E-state index in [1.807, 2.05) is 24.3 Å². The van der Waals surface area contributed by atoms with Gasteiger partial charge in [0.15, 0.2) is 0 Å². The zero-order chi connectivity index (χ0) is 15.3. The molecule has 1 fully saturated rings. The van der Waals surface area contributed by atoms with Crippen molar-refractivity contribution in [3.8, 4) is 0 Å². The van der Waals surface area contributed by atoms with Crippen molar-refractivity contribution in [1.29, 1.82) is 0 Å². The van der Waals surface area contributed by atoms with Crippen molar-refractivity contribution in [2.75, 3.05) is 19.6 Å². The van der Waals surface area contributed by atoms with Crippen LogP contribution in [0.3, 0.4) is 0 Å². The van der Waals surface area contributed by atoms with E-state index in [0.29, 0.717) is 18.9 Å². The van der Waals surface area contributed by atoms with Crippen LogP contribution in [0.2, 0.25) is 5.02 Å². The van der Waals surface area contributed by atoms with Gasteiger partial charge in [0.1, 0.15) is 0 Å². The van der Waals surface area contributed by atoms with Crippen LogP contribution in [0.5, 0.6) is 0 Å². The molecule has 1 heterocycles. The summed E-state index contributed by atoms with van der Waals surface area (Å²) in [5.74, 6) is 0.800. The van der Waals surface area contributed by atoms with E-state index in [-0.39, 0.29) is 11.3 Å². The summed E-state index contributed by atoms with van der Waals surface area (Å²) in [7, 11) is 0. The second kappa shape index (κ2) is 7.28. The van der Waals surface area contributed by atoms with Crippen LogP contribution in [0.25, 0.3) is 0 Å². The highest BCUT2D eigenvalue weighted by Gasteiger charge is 2.24. The maximum absolute atomic E-state index is 12.0. The van der Waals surface area contributed by atoms with Crippen LogP contribution in [-0.4, -0.2) is 25.5 Å². The molecule has 0 radical (unpaired) electrons. The summed E-state index contributed by atoms with van der Waals surface area (Å²) in [6, 6.07) is 7.83. The van der Waals surface area contributed by atoms with Crippen LogP contribution in [0.4, 0.5) is 0 Å². The predicted octanol–water partition coefficient (Wildman–Crippen LogP) is 3.12. The Balaban J connectivity index is 1.80. The molecule has 1 unspecified atom stereocenters. The summed E-state index contributed by atoms with van der Waals surface area (Å²) in [5, 5.41) is 7.15. The lowest BCUT2D eigenvalue weighted by molar-refractivity contribution is -0.121. The Morgan fingerprint density at radius 2 is 2.19 bits per heavy atom. The number of nitrogens with one attached hydrogen (secondary N) is 2. The lowest BCUT2D eigenvalue weighted by Gasteiger charge is -2.26. The molecule has 0 bridgehead atoms. The minimum atomic E-state index is -0.164. The first-order valence-electron chi connectivity index (χ1n) is 7.71. The highest BCUT2D eigenvalue weighted by molar-refractivity contribution is 6.31. The van der Waals surface area contributed by atoms with Gasteiger partial charge in [0.25, 0.3) is 0 Å². The molecule has 3 nitrogen and oxygen atoms in total. The van der Waals surface area contributed by atoms with Gasteiger partial charge in [0, 0.05) is 23.4 Å². The maximum atomic E-state index is 12.0. The second-order valence-corrected chi connectivity index (χ2v) is 6.95. The van der Waals surface area contributed by atoms with Gasteiger partial charge in [-0.25, -0.2) is 0 Å². The van der Waals surface area contributed by atoms with E-state index < -0.39 is 0 Å². The molecule has 116 valence electrons. The van der Waals surface area contributed by atoms with Gasteiger partial charge in [-0.1, -0.05) is 43.6 Å². The number of carbonyl (C=O) groups is 1. The minimum Gasteiger partial charge on any atom is -0.355 e. The van der Waals surface area contributed by atoms with Crippen molar-refractivity contribution in [2.24, 2.45) is 5.92 Å². The fourth-order valence-electron chi connectivity index (χ4n) is 2.81. The molecule has 1 aliphatic rings. The lowest BCUT2D eigenvalue weighted by atomic mass is 9.84. The molecule has 1 aromatic carbocycles. The quantitative estimate of drug-likeness (QED) is 0.848. The molecular formula is C17H25ClN2O. The molecule has 0 spiro atoms. The fourth-order valence-corrected chi connectivity index (χ4v) is 3.20. The van der Waals surface area contributed by atoms with Gasteiger partial charge < -0.3 is 10.6 Å². The van der Waals surface area contributed by atoms with Crippen LogP contribution in [0, 0.1) is 5.92 Å². The molecule has 0 saturated carbocycles. The van der Waals surface area contributed by atoms with Gasteiger partial charge >= 0.3 is 0 Å². The van der Waals surface area contributed by atoms with Gasteiger partial charge in [-0.15, -0.1) is 0 Å². The molecule has 0 aliphatic carbocycles. The third-order valence-corrected chi connectivity index (χ3v) is 4.60. The van der Waals surface area contributed by atoms with Crippen LogP contribution >= 0.6 is 11.6 Å². The van der Waals surface area contributed by atoms with E-state index in [1.165, 1.54) is 6.42 Å². The van der Waals surface area contributed by atoms with E-state index in [2.05, 4.69) is 24.5 Å². The molecule has 2 rings (SSSR count). The summed E-state index contributed by atoms with van der Waals surface area (Å²) in [6.07, 6.45) is 2.79. The average Bonchev–Trinajstić information content (AvgIpc) is 2.96. The Morgan fingerprint density at radius 1 is 1.43 bits per heavy atom. The van der Waals surface area contributed by atoms with Gasteiger partial charge in [0.2, 0.25) is 5.91 Å². The van der Waals surface area contributed by atoms with Crippen molar-refractivity contribution < 1.29 is 4.79 Å². The van der Waals surface area contributed by atoms with Gasteiger partial charge in [-0.2, -0.15) is 0 Å². The molecule has 21 heavy (non-hydrogen) atoms. The monoisotopic (exact) mass is 308 g/mol. The number of rotatable bonds is 6. The molecule has 2 N–H and O–H groups in total. The fraction of sp³-hybridized carbons (Fsp3) is 0.588. The van der Waals surface area contributed by atoms with Gasteiger partial charge in [-0.3, -0.25) is 4.79 Å². The molecule has 4 heteroatoms. The zero-order valence-corrected chi connectivity index (χ0v) is 13.7. The molecular weight excluding hydrogens is 284 g/mol. The largest absolute Gasteiger partial charge is 0.355 e. The number of halogens is 1. The van der Waals surface area contributed by atoms with E-state index >= 15 is 0 Å². The SMILES string of the molecule is CC(C)(CNC(=O)CCC1CCNC1)c1ccccc1Cl. The van der Waals surface area contributed by atoms with Crippen LogP contribution in [-0.2, 0) is 10.2 Å². The summed E-state index contributed by atoms with van der Waals surface area (Å²) in [5.41, 5.74) is 0.912. The predicted molar refractivity (Wildman–Crippen MR) is 87.7 cm³/mol. The van der Waals surface area contributed by atoms with E-state index in [0.717, 1.165) is 30.1 Å². The Labute approximate surface area is 132 Å². The number of carbonyl (C=O) groups excluding carboxylic acids is 1. The number of hydrogen-bond acceptors (Lipinski definition) is 2. The first-order valence-corrected chi connectivity index (χ1v) is 8.09. The Hall–Kier alpha value is -1.06. The Morgan fingerprint density at radius 3 is 2.86 bits per heavy atom. The standard InChI is InChI=1S/C17H25ClN2O/c1-17(2,14-5-3-4-6-15(14)18)12-20-16(21)8-7-13-9-10-19-11-13/h3-6,13,19H,7-12H2,1-2H3,(H,20,21). The van der Waals surface area contributed by atoms with Crippen molar-refractivity contribution in [3.63, 3.8) is 0 Å². The topological polar surface area (TPSA) is 41.1 Å². The van der Waals surface area contributed by atoms with E-state index in [9.17, 15) is 4.79 Å². The zero-order valence-electron chi connectivity index (χ0n) is 12.9. The van der Waals surface area contributed by atoms with Crippen molar-refractivity contribution in [2.45, 2.75) is 38.5 Å². The first-order chi connectivity index (χ1) is 9.99. The molecule has 1 aliphatic heterocycles. The van der Waals surface area contributed by atoms with Crippen molar-refractivity contribution >= 4 is 17.5 Å². The normalized spacial score (nSPS) is 18.7. The molecule has 0 aromatic heterocycles. The summed E-state index contributed by atoms with van der Waals surface area (Å²) >= 11 is 6.25. The van der Waals surface area contributed by atoms with Crippen molar-refractivity contribution in [1.82, 2.24) is 10.6 Å². The van der Waals surface area contributed by atoms with Crippen LogP contribution < -0.4 is 10.6 Å². The lowest BCUT2D eigenvalue weighted by Crippen LogP contribution is -2.37. The van der Waals surface area contributed by atoms with E-state index in [4.69, 9.17) is 11.6 Å². The van der Waals surface area contributed by atoms with Gasteiger partial charge in [-0.05, 0) is 43.5 Å². The second-order valence-electron chi connectivity index (χ2n) is 6.54.